The van der Waals surface area contributed by atoms with Gasteiger partial charge in [-0.3, -0.25) is 23.5 Å². The molecule has 0 fully saturated rings. The molecule has 0 aromatic carbocycles. The highest BCUT2D eigenvalue weighted by Crippen LogP contribution is 2.20. The molecule has 10 heteroatoms. The van der Waals surface area contributed by atoms with Gasteiger partial charge >= 0.3 is 5.69 Å². The van der Waals surface area contributed by atoms with Crippen molar-refractivity contribution < 1.29 is 0 Å². The second kappa shape index (κ2) is 8.69. The largest absolute Gasteiger partial charge is 0.343 e. The number of nitrogens with zero attached hydrogens (tertiary/aromatic N) is 7. The minimum absolute atomic E-state index is 0.128. The van der Waals surface area contributed by atoms with Crippen LogP contribution in [0.5, 0.6) is 0 Å². The Hall–Kier alpha value is -3.89. The van der Waals surface area contributed by atoms with Gasteiger partial charge in [0.05, 0.1) is 24.3 Å². The van der Waals surface area contributed by atoms with Gasteiger partial charge in [0, 0.05) is 32.4 Å². The van der Waals surface area contributed by atoms with Crippen molar-refractivity contribution in [2.75, 3.05) is 18.5 Å². The number of nitrogens with two attached hydrogens (primary N) is 1. The molecule has 0 aliphatic carbocycles. The van der Waals surface area contributed by atoms with E-state index in [1.54, 1.807) is 30.7 Å². The summed E-state index contributed by atoms with van der Waals surface area (Å²) in [7, 11) is 3.39. The number of aromatic nitrogens is 5. The normalized spacial score (nSPS) is 11.2. The molecule has 0 amide bonds. The topological polar surface area (TPSA) is 128 Å². The molecule has 0 atom stereocenters. The molecule has 0 spiro atoms. The Morgan fingerprint density at radius 1 is 1.28 bits per heavy atom. The summed E-state index contributed by atoms with van der Waals surface area (Å²) in [5, 5.41) is 9.35. The van der Waals surface area contributed by atoms with E-state index in [0.717, 1.165) is 4.57 Å². The van der Waals surface area contributed by atoms with E-state index in [4.69, 9.17) is 5.73 Å². The Balaban J connectivity index is 2.29. The molecule has 3 heterocycles. The van der Waals surface area contributed by atoms with Crippen molar-refractivity contribution in [3.63, 3.8) is 0 Å². The van der Waals surface area contributed by atoms with Crippen LogP contribution < -0.4 is 21.9 Å². The molecule has 32 heavy (non-hydrogen) atoms. The fourth-order valence-electron chi connectivity index (χ4n) is 3.60. The van der Waals surface area contributed by atoms with Gasteiger partial charge in [-0.15, -0.1) is 5.92 Å². The highest BCUT2D eigenvalue weighted by atomic mass is 16.2. The first-order chi connectivity index (χ1) is 15.1. The van der Waals surface area contributed by atoms with E-state index in [1.165, 1.54) is 10.8 Å². The first-order valence-electron chi connectivity index (χ1n) is 10.0. The van der Waals surface area contributed by atoms with Gasteiger partial charge in [-0.25, -0.2) is 4.79 Å². The smallest absolute Gasteiger partial charge is 0.332 e. The van der Waals surface area contributed by atoms with Gasteiger partial charge < -0.3 is 10.6 Å². The zero-order valence-electron chi connectivity index (χ0n) is 18.9. The fourth-order valence-corrected chi connectivity index (χ4v) is 3.60. The van der Waals surface area contributed by atoms with Crippen molar-refractivity contribution in [1.29, 1.82) is 5.26 Å². The zero-order valence-corrected chi connectivity index (χ0v) is 18.9. The molecular formula is C22H26N8O2. The summed E-state index contributed by atoms with van der Waals surface area (Å²) in [4.78, 5) is 37.2. The third kappa shape index (κ3) is 4.27. The van der Waals surface area contributed by atoms with Crippen LogP contribution in [0, 0.1) is 23.2 Å². The Labute approximate surface area is 185 Å². The molecule has 3 aromatic rings. The predicted molar refractivity (Wildman–Crippen MR) is 122 cm³/mol. The monoisotopic (exact) mass is 434 g/mol. The Morgan fingerprint density at radius 3 is 2.62 bits per heavy atom. The third-order valence-corrected chi connectivity index (χ3v) is 4.93. The SMILES string of the molecule is CC#CCn1c(N(C)CC(C)(C)N)nc2c1c(=O)n(Cc1ncccc1C#N)c(=O)n2C. The highest BCUT2D eigenvalue weighted by Gasteiger charge is 2.24. The van der Waals surface area contributed by atoms with E-state index >= 15 is 0 Å². The standard InChI is InChI=1S/C22H26N8O2/c1-6-7-11-29-17-18(26-20(29)27(4)14-22(2,3)24)28(5)21(32)30(19(17)31)13-16-15(12-23)9-8-10-25-16/h8-10H,11,13-14,24H2,1-5H3. The third-order valence-electron chi connectivity index (χ3n) is 4.93. The van der Waals surface area contributed by atoms with Gasteiger partial charge in [-0.1, -0.05) is 5.92 Å². The number of fused-ring (bicyclic) bond motifs is 1. The molecule has 0 bridgehead atoms. The van der Waals surface area contributed by atoms with E-state index in [-0.39, 0.29) is 24.3 Å². The Morgan fingerprint density at radius 2 is 2.00 bits per heavy atom. The number of aryl methyl sites for hydroxylation is 1. The molecule has 0 saturated carbocycles. The lowest BCUT2D eigenvalue weighted by Crippen LogP contribution is -2.44. The second-order valence-corrected chi connectivity index (χ2v) is 8.28. The highest BCUT2D eigenvalue weighted by molar-refractivity contribution is 5.74. The van der Waals surface area contributed by atoms with Crippen molar-refractivity contribution in [3.8, 4) is 17.9 Å². The maximum Gasteiger partial charge on any atom is 0.332 e. The summed E-state index contributed by atoms with van der Waals surface area (Å²) in [5.74, 6) is 6.30. The zero-order chi connectivity index (χ0) is 23.6. The number of likely N-dealkylation sites (N-methyl/N-ethyl adjacent to an activating group) is 1. The van der Waals surface area contributed by atoms with E-state index in [0.29, 0.717) is 23.8 Å². The van der Waals surface area contributed by atoms with E-state index in [9.17, 15) is 14.9 Å². The second-order valence-electron chi connectivity index (χ2n) is 8.28. The summed E-state index contributed by atoms with van der Waals surface area (Å²) >= 11 is 0. The number of nitriles is 1. The van der Waals surface area contributed by atoms with Crippen LogP contribution in [0.4, 0.5) is 5.95 Å². The Bertz CT molecular complexity index is 1390. The summed E-state index contributed by atoms with van der Waals surface area (Å²) in [5.41, 5.74) is 5.76. The molecule has 3 aromatic heterocycles. The van der Waals surface area contributed by atoms with Crippen molar-refractivity contribution in [3.05, 3.63) is 50.4 Å². The molecule has 0 radical (unpaired) electrons. The van der Waals surface area contributed by atoms with Crippen LogP contribution in [0.1, 0.15) is 32.0 Å². The van der Waals surface area contributed by atoms with Crippen LogP contribution in [0.2, 0.25) is 0 Å². The molecule has 10 nitrogen and oxygen atoms in total. The maximum atomic E-state index is 13.5. The lowest BCUT2D eigenvalue weighted by atomic mass is 10.1. The number of pyridine rings is 1. The van der Waals surface area contributed by atoms with Crippen LogP contribution in [-0.4, -0.2) is 42.8 Å². The van der Waals surface area contributed by atoms with Gasteiger partial charge in [-0.2, -0.15) is 10.2 Å². The van der Waals surface area contributed by atoms with E-state index < -0.39 is 16.8 Å². The molecular weight excluding hydrogens is 408 g/mol. The van der Waals surface area contributed by atoms with Crippen LogP contribution >= 0.6 is 0 Å². The lowest BCUT2D eigenvalue weighted by molar-refractivity contribution is 0.512. The average molecular weight is 435 g/mol. The molecule has 0 saturated heterocycles. The fraction of sp³-hybridized carbons (Fsp3) is 0.409. The number of hydrogen-bond acceptors (Lipinski definition) is 7. The summed E-state index contributed by atoms with van der Waals surface area (Å²) in [6, 6.07) is 5.27. The number of rotatable bonds is 6. The van der Waals surface area contributed by atoms with E-state index in [2.05, 4.69) is 21.8 Å². The van der Waals surface area contributed by atoms with Crippen molar-refractivity contribution in [2.24, 2.45) is 12.8 Å². The minimum Gasteiger partial charge on any atom is -0.343 e. The van der Waals surface area contributed by atoms with E-state index in [1.807, 2.05) is 31.9 Å². The van der Waals surface area contributed by atoms with Gasteiger partial charge in [0.15, 0.2) is 11.2 Å². The van der Waals surface area contributed by atoms with Gasteiger partial charge in [0.2, 0.25) is 5.95 Å². The minimum atomic E-state index is -0.545. The first kappa shape index (κ1) is 22.8. The van der Waals surface area contributed by atoms with Crippen LogP contribution in [-0.2, 0) is 20.1 Å². The van der Waals surface area contributed by atoms with Crippen molar-refractivity contribution >= 4 is 17.1 Å². The number of anilines is 1. The molecule has 3 rings (SSSR count). The maximum absolute atomic E-state index is 13.5. The van der Waals surface area contributed by atoms with Gasteiger partial charge in [-0.05, 0) is 32.9 Å². The number of hydrogen-bond donors (Lipinski definition) is 1. The van der Waals surface area contributed by atoms with Crippen LogP contribution in [0.25, 0.3) is 11.2 Å². The molecule has 0 unspecified atom stereocenters. The summed E-state index contributed by atoms with van der Waals surface area (Å²) in [6.07, 6.45) is 1.52. The van der Waals surface area contributed by atoms with Crippen molar-refractivity contribution in [2.45, 2.75) is 39.4 Å². The van der Waals surface area contributed by atoms with Gasteiger partial charge in [0.25, 0.3) is 5.56 Å². The van der Waals surface area contributed by atoms with Crippen LogP contribution in [0.15, 0.2) is 27.9 Å². The average Bonchev–Trinajstić information content (AvgIpc) is 3.12. The first-order valence-corrected chi connectivity index (χ1v) is 10.0. The summed E-state index contributed by atoms with van der Waals surface area (Å²) in [6.45, 7) is 6.06. The molecule has 166 valence electrons. The van der Waals surface area contributed by atoms with Gasteiger partial charge in [0.1, 0.15) is 6.07 Å². The summed E-state index contributed by atoms with van der Waals surface area (Å²) < 4.78 is 4.09. The van der Waals surface area contributed by atoms with Crippen molar-refractivity contribution in [1.82, 2.24) is 23.7 Å². The number of imidazole rings is 1. The Kier molecular flexibility index (Phi) is 6.19. The van der Waals surface area contributed by atoms with Crippen LogP contribution in [0.3, 0.4) is 0 Å². The molecule has 0 aliphatic heterocycles. The molecule has 0 aliphatic rings. The lowest BCUT2D eigenvalue weighted by Gasteiger charge is -2.27. The molecule has 2 N–H and O–H groups in total. The quantitative estimate of drug-likeness (QED) is 0.557. The predicted octanol–water partition coefficient (Wildman–Crippen LogP) is 0.408.